The lowest BCUT2D eigenvalue weighted by molar-refractivity contribution is -0.387. The van der Waals surface area contributed by atoms with Crippen molar-refractivity contribution in [1.82, 2.24) is 10.2 Å². The molecule has 1 saturated heterocycles. The van der Waals surface area contributed by atoms with E-state index in [9.17, 15) is 66.1 Å². The van der Waals surface area contributed by atoms with Crippen LogP contribution in [0, 0.1) is 20.2 Å². The number of β-amino-alcohol motifs (C(OH)–C–C–N with tert-alkyl or cyclic N) is 1. The van der Waals surface area contributed by atoms with Crippen molar-refractivity contribution < 1.29 is 55.7 Å². The highest BCUT2D eigenvalue weighted by molar-refractivity contribution is 7.99. The van der Waals surface area contributed by atoms with Crippen LogP contribution in [0.25, 0.3) is 10.8 Å². The Morgan fingerprint density at radius 2 is 1.31 bits per heavy atom. The number of nitrogens with one attached hydrogen (secondary N) is 1. The topological polar surface area (TPSA) is 173 Å². The van der Waals surface area contributed by atoms with E-state index in [1.807, 2.05) is 41.1 Å². The highest BCUT2D eigenvalue weighted by atomic mass is 32.2. The van der Waals surface area contributed by atoms with Crippen LogP contribution in [0.2, 0.25) is 0 Å². The number of carbonyl (C=O) groups is 3. The van der Waals surface area contributed by atoms with Crippen molar-refractivity contribution in [2.24, 2.45) is 0 Å². The summed E-state index contributed by atoms with van der Waals surface area (Å²) in [6, 6.07) is 33.1. The van der Waals surface area contributed by atoms with E-state index in [0.29, 0.717) is 40.5 Å². The molecule has 4 aromatic carbocycles. The molecule has 2 atom stereocenters. The van der Waals surface area contributed by atoms with E-state index in [4.69, 9.17) is 0 Å². The van der Waals surface area contributed by atoms with Gasteiger partial charge in [0, 0.05) is 63.6 Å². The monoisotopic (exact) mass is 1050 g/mol. The second-order valence-corrected chi connectivity index (χ2v) is 20.5. The number of halogens is 6. The molecule has 22 heteroatoms. The SMILES string of the molecule is CC(C)(Cc1ccc2ccccc2c1)NC[C@@H](O)[C@H]1CCCN1Cc1ccc(SCc2cccs2)c([N+](=O)[O-])c1.O=C(C(=O)C(F)(F)F)C(F)(F)F.O=Cc1ccc(SCc2cccs2)c([N+](=O)[O-])c1. The van der Waals surface area contributed by atoms with Gasteiger partial charge in [-0.1, -0.05) is 66.7 Å². The summed E-state index contributed by atoms with van der Waals surface area (Å²) in [5.41, 5.74) is 2.47. The molecule has 372 valence electrons. The van der Waals surface area contributed by atoms with E-state index in [-0.39, 0.29) is 27.9 Å². The Labute approximate surface area is 414 Å². The third kappa shape index (κ3) is 16.6. The van der Waals surface area contributed by atoms with Gasteiger partial charge in [0.05, 0.1) is 25.7 Å². The highest BCUT2D eigenvalue weighted by Crippen LogP contribution is 2.35. The van der Waals surface area contributed by atoms with Crippen LogP contribution < -0.4 is 5.32 Å². The number of hydrogen-bond acceptors (Lipinski definition) is 14. The Morgan fingerprint density at radius 3 is 1.84 bits per heavy atom. The number of benzene rings is 4. The van der Waals surface area contributed by atoms with Gasteiger partial charge in [0.15, 0.2) is 0 Å². The first-order valence-corrected chi connectivity index (χ1v) is 25.0. The molecule has 0 radical (unpaired) electrons. The number of hydrogen-bond donors (Lipinski definition) is 2. The number of fused-ring (bicyclic) bond motifs is 1. The van der Waals surface area contributed by atoms with Crippen LogP contribution in [0.3, 0.4) is 0 Å². The van der Waals surface area contributed by atoms with Crippen molar-refractivity contribution in [2.45, 2.75) is 91.0 Å². The minimum Gasteiger partial charge on any atom is -0.390 e. The Balaban J connectivity index is 0.000000249. The van der Waals surface area contributed by atoms with Gasteiger partial charge in [-0.15, -0.1) is 46.2 Å². The van der Waals surface area contributed by atoms with Crippen LogP contribution in [0.15, 0.2) is 124 Å². The third-order valence-corrected chi connectivity index (χ3v) is 15.0. The molecule has 2 aromatic heterocycles. The van der Waals surface area contributed by atoms with Crippen molar-refractivity contribution in [3.05, 3.63) is 161 Å². The number of aliphatic hydroxyl groups is 1. The first kappa shape index (κ1) is 55.4. The van der Waals surface area contributed by atoms with Crippen molar-refractivity contribution >= 4 is 86.2 Å². The lowest BCUT2D eigenvalue weighted by Gasteiger charge is -2.33. The number of rotatable bonds is 18. The smallest absolute Gasteiger partial charge is 0.390 e. The first-order chi connectivity index (χ1) is 33.0. The molecule has 1 aliphatic rings. The Hall–Kier alpha value is -5.49. The molecule has 3 heterocycles. The number of thiophene rings is 2. The number of nitro benzene ring substituents is 2. The van der Waals surface area contributed by atoms with Crippen LogP contribution in [0.4, 0.5) is 37.7 Å². The van der Waals surface area contributed by atoms with Gasteiger partial charge < -0.3 is 10.4 Å². The number of aliphatic hydroxyl groups excluding tert-OH is 1. The molecule has 0 amide bonds. The number of Topliss-reactive ketones (excluding diaryl/α,β-unsaturated/α-hetero) is 2. The zero-order valence-corrected chi connectivity index (χ0v) is 40.7. The normalized spacial score (nSPS) is 14.5. The van der Waals surface area contributed by atoms with Crippen molar-refractivity contribution in [2.75, 3.05) is 13.1 Å². The summed E-state index contributed by atoms with van der Waals surface area (Å²) in [6.45, 7) is 6.33. The van der Waals surface area contributed by atoms with Crippen molar-refractivity contribution in [3.8, 4) is 0 Å². The minimum atomic E-state index is -5.77. The van der Waals surface area contributed by atoms with Crippen LogP contribution >= 0.6 is 46.2 Å². The van der Waals surface area contributed by atoms with Gasteiger partial charge in [-0.05, 0) is 96.6 Å². The molecular weight excluding hydrogens is 1000 g/mol. The Kier molecular flexibility index (Phi) is 19.8. The van der Waals surface area contributed by atoms with Gasteiger partial charge in [0.2, 0.25) is 0 Å². The molecule has 0 aliphatic carbocycles. The Morgan fingerprint density at radius 1 is 0.771 bits per heavy atom. The predicted molar refractivity (Wildman–Crippen MR) is 261 cm³/mol. The molecule has 70 heavy (non-hydrogen) atoms. The average Bonchev–Trinajstić information content (AvgIpc) is 4.14. The Bertz CT molecular complexity index is 2710. The molecule has 6 aromatic rings. The average molecular weight is 1050 g/mol. The van der Waals surface area contributed by atoms with E-state index in [1.165, 1.54) is 50.8 Å². The number of likely N-dealkylation sites (tertiary alicyclic amines) is 1. The summed E-state index contributed by atoms with van der Waals surface area (Å²) >= 11 is 6.19. The molecule has 2 N–H and O–H groups in total. The second-order valence-electron chi connectivity index (χ2n) is 16.4. The van der Waals surface area contributed by atoms with Crippen molar-refractivity contribution in [1.29, 1.82) is 0 Å². The second kappa shape index (κ2) is 25.1. The van der Waals surface area contributed by atoms with Gasteiger partial charge in [0.1, 0.15) is 6.29 Å². The first-order valence-electron chi connectivity index (χ1n) is 21.2. The summed E-state index contributed by atoms with van der Waals surface area (Å²) in [4.78, 5) is 57.8. The lowest BCUT2D eigenvalue weighted by atomic mass is 9.93. The fourth-order valence-electron chi connectivity index (χ4n) is 7.30. The van der Waals surface area contributed by atoms with Gasteiger partial charge >= 0.3 is 23.9 Å². The zero-order valence-electron chi connectivity index (χ0n) is 37.4. The number of thioether (sulfide) groups is 2. The maximum Gasteiger partial charge on any atom is 0.458 e. The predicted octanol–water partition coefficient (Wildman–Crippen LogP) is 12.0. The molecule has 1 fully saturated rings. The van der Waals surface area contributed by atoms with E-state index < -0.39 is 34.9 Å². The summed E-state index contributed by atoms with van der Waals surface area (Å²) in [5, 5.41) is 44.1. The van der Waals surface area contributed by atoms with Crippen LogP contribution in [0.1, 0.15) is 57.9 Å². The summed E-state index contributed by atoms with van der Waals surface area (Å²) in [7, 11) is 0. The molecule has 0 saturated carbocycles. The largest absolute Gasteiger partial charge is 0.458 e. The van der Waals surface area contributed by atoms with Gasteiger partial charge in [-0.3, -0.25) is 39.5 Å². The summed E-state index contributed by atoms with van der Waals surface area (Å²) in [6.07, 6.45) is -8.66. The fraction of sp³-hybridized carbons (Fsp3) is 0.312. The third-order valence-electron chi connectivity index (χ3n) is 10.7. The number of ketones is 2. The van der Waals surface area contributed by atoms with Gasteiger partial charge in [-0.25, -0.2) is 0 Å². The van der Waals surface area contributed by atoms with Crippen LogP contribution in [-0.4, -0.2) is 80.8 Å². The van der Waals surface area contributed by atoms with Gasteiger partial charge in [-0.2, -0.15) is 26.3 Å². The van der Waals surface area contributed by atoms with E-state index in [2.05, 4.69) is 72.6 Å². The standard InChI is InChI=1S/C32H37N3O3S2.C12H9NO3S2.C4F6O2/c1-32(2,19-23-11-13-25-7-3-4-8-26(25)17-23)33-20-30(36)28-10-5-15-34(28)21-24-12-14-31(29(18-24)35(37)38)40-22-27-9-6-16-39-27;14-7-9-3-4-12(11(6-9)13(15)16)18-8-10-2-1-5-17-10;5-3(6,7)1(11)2(12)4(8,9)10/h3-4,6-9,11-14,16-18,28,30,33,36H,5,10,15,19-22H2,1-2H3;1-7H,8H2;/t28-,30-;;/m1../s1. The maximum atomic E-state index is 11.9. The summed E-state index contributed by atoms with van der Waals surface area (Å²) < 4.78 is 67.0. The summed E-state index contributed by atoms with van der Waals surface area (Å²) in [5.74, 6) is -5.40. The zero-order chi connectivity index (χ0) is 51.2. The molecule has 0 unspecified atom stereocenters. The number of nitro groups is 2. The minimum absolute atomic E-state index is 0.0128. The fourth-order valence-corrected chi connectivity index (χ4v) is 10.9. The van der Waals surface area contributed by atoms with E-state index in [1.54, 1.807) is 40.9 Å². The maximum absolute atomic E-state index is 11.9. The molecular formula is C48H46F6N4O8S4. The van der Waals surface area contributed by atoms with Crippen LogP contribution in [-0.2, 0) is 34.1 Å². The number of carbonyl (C=O) groups excluding carboxylic acids is 3. The van der Waals surface area contributed by atoms with Crippen LogP contribution in [0.5, 0.6) is 0 Å². The molecule has 0 spiro atoms. The molecule has 7 rings (SSSR count). The van der Waals surface area contributed by atoms with Crippen molar-refractivity contribution in [3.63, 3.8) is 0 Å². The number of alkyl halides is 6. The quantitative estimate of drug-likeness (QED) is 0.0209. The van der Waals surface area contributed by atoms with E-state index in [0.717, 1.165) is 42.0 Å². The molecule has 1 aliphatic heterocycles. The van der Waals surface area contributed by atoms with Gasteiger partial charge in [0.25, 0.3) is 11.4 Å². The lowest BCUT2D eigenvalue weighted by Crippen LogP contribution is -2.50. The molecule has 0 bridgehead atoms. The number of nitrogens with zero attached hydrogens (tertiary/aromatic N) is 3. The van der Waals surface area contributed by atoms with E-state index >= 15 is 0 Å². The number of aldehydes is 1. The highest BCUT2D eigenvalue weighted by Gasteiger charge is 2.54. The molecule has 12 nitrogen and oxygen atoms in total.